The number of fused-ring (bicyclic) bond motifs is 1. The van der Waals surface area contributed by atoms with Crippen LogP contribution in [-0.2, 0) is 9.53 Å². The van der Waals surface area contributed by atoms with Crippen LogP contribution in [0, 0.1) is 6.92 Å². The summed E-state index contributed by atoms with van der Waals surface area (Å²) in [7, 11) is 3.60. The fourth-order valence-electron chi connectivity index (χ4n) is 5.62. The molecule has 3 heterocycles. The van der Waals surface area contributed by atoms with Crippen LogP contribution in [0.25, 0.3) is 5.57 Å². The number of halogens is 1. The molecule has 0 radical (unpaired) electrons. The number of carbonyl (C=O) groups excluding carboxylic acids is 1. The Morgan fingerprint density at radius 1 is 1.20 bits per heavy atom. The second-order valence-corrected chi connectivity index (χ2v) is 11.7. The van der Waals surface area contributed by atoms with Gasteiger partial charge in [-0.25, -0.2) is 0 Å². The van der Waals surface area contributed by atoms with Gasteiger partial charge in [0, 0.05) is 48.0 Å². The predicted octanol–water partition coefficient (Wildman–Crippen LogP) is 6.44. The highest BCUT2D eigenvalue weighted by molar-refractivity contribution is 7.80. The first-order chi connectivity index (χ1) is 19.0. The summed E-state index contributed by atoms with van der Waals surface area (Å²) in [6, 6.07) is 15.5. The minimum absolute atomic E-state index is 0.00772. The third kappa shape index (κ3) is 5.07. The molecule has 1 amide bonds. The van der Waals surface area contributed by atoms with E-state index >= 15 is 0 Å². The van der Waals surface area contributed by atoms with Gasteiger partial charge in [-0.15, -0.1) is 0 Å². The second-order valence-electron chi connectivity index (χ2n) is 10.9. The first kappa shape index (κ1) is 28.1. The van der Waals surface area contributed by atoms with Crippen LogP contribution in [0.1, 0.15) is 55.2 Å². The Morgan fingerprint density at radius 2 is 1.98 bits per heavy atom. The van der Waals surface area contributed by atoms with Crippen molar-refractivity contribution in [3.63, 3.8) is 0 Å². The highest BCUT2D eigenvalue weighted by Gasteiger charge is 2.42. The number of amides is 1. The van der Waals surface area contributed by atoms with Crippen molar-refractivity contribution in [1.29, 1.82) is 0 Å². The lowest BCUT2D eigenvalue weighted by Gasteiger charge is -2.41. The lowest BCUT2D eigenvalue weighted by molar-refractivity contribution is -0.119. The van der Waals surface area contributed by atoms with E-state index in [4.69, 9.17) is 28.6 Å². The minimum atomic E-state index is -0.262. The molecule has 0 aliphatic carbocycles. The van der Waals surface area contributed by atoms with Gasteiger partial charge in [-0.3, -0.25) is 9.78 Å². The Hall–Kier alpha value is -3.46. The molecule has 7 nitrogen and oxygen atoms in total. The Morgan fingerprint density at radius 3 is 2.65 bits per heavy atom. The molecular weight excluding hydrogens is 542 g/mol. The van der Waals surface area contributed by atoms with Gasteiger partial charge in [0.1, 0.15) is 6.61 Å². The van der Waals surface area contributed by atoms with Crippen molar-refractivity contribution < 1.29 is 9.53 Å². The zero-order valence-electron chi connectivity index (χ0n) is 23.6. The van der Waals surface area contributed by atoms with E-state index in [9.17, 15) is 4.79 Å². The van der Waals surface area contributed by atoms with E-state index in [1.807, 2.05) is 43.3 Å². The largest absolute Gasteiger partial charge is 0.375 e. The number of ether oxygens (including phenoxy) is 1. The average molecular weight is 576 g/mol. The molecule has 2 aliphatic rings. The zero-order valence-corrected chi connectivity index (χ0v) is 25.2. The van der Waals surface area contributed by atoms with Crippen LogP contribution in [-0.4, -0.2) is 42.3 Å². The van der Waals surface area contributed by atoms with Crippen LogP contribution in [0.3, 0.4) is 0 Å². The van der Waals surface area contributed by atoms with Crippen LogP contribution in [0.2, 0.25) is 5.02 Å². The fourth-order valence-corrected chi connectivity index (χ4v) is 6.23. The Labute approximate surface area is 246 Å². The number of nitrogens with zero attached hydrogens (tertiary/aromatic N) is 3. The Bertz CT molecular complexity index is 1510. The number of hydrogen-bond acceptors (Lipinski definition) is 5. The maximum Gasteiger partial charge on any atom is 0.250 e. The molecule has 1 saturated heterocycles. The number of aromatic nitrogens is 1. The van der Waals surface area contributed by atoms with Gasteiger partial charge in [-0.1, -0.05) is 23.7 Å². The SMILES string of the molecule is COCC(=O)Nc1ccc(N2C(=S)NC(c3ccccn3)C2c2cc3c(cc2Cl)N(C)C(C)(C)C=C3C)cc1C. The molecule has 0 saturated carbocycles. The van der Waals surface area contributed by atoms with E-state index in [0.717, 1.165) is 39.4 Å². The van der Waals surface area contributed by atoms with E-state index in [1.165, 1.54) is 12.7 Å². The quantitative estimate of drug-likeness (QED) is 0.328. The fraction of sp³-hybridized carbons (Fsp3) is 0.323. The number of thiocarbonyl (C=S) groups is 1. The Kier molecular flexibility index (Phi) is 7.61. The van der Waals surface area contributed by atoms with E-state index in [-0.39, 0.29) is 30.1 Å². The lowest BCUT2D eigenvalue weighted by Crippen LogP contribution is -2.42. The van der Waals surface area contributed by atoms with Crippen LogP contribution < -0.4 is 20.4 Å². The molecule has 40 heavy (non-hydrogen) atoms. The molecule has 9 heteroatoms. The summed E-state index contributed by atoms with van der Waals surface area (Å²) in [5.41, 5.74) is 7.67. The Balaban J connectivity index is 1.63. The summed E-state index contributed by atoms with van der Waals surface area (Å²) < 4.78 is 4.96. The molecule has 1 fully saturated rings. The zero-order chi connectivity index (χ0) is 28.8. The number of pyridine rings is 1. The summed E-state index contributed by atoms with van der Waals surface area (Å²) in [5.74, 6) is -0.206. The molecule has 2 unspecified atom stereocenters. The number of nitrogens with one attached hydrogen (secondary N) is 2. The highest BCUT2D eigenvalue weighted by Crippen LogP contribution is 2.48. The summed E-state index contributed by atoms with van der Waals surface area (Å²) in [4.78, 5) is 21.2. The van der Waals surface area contributed by atoms with E-state index < -0.39 is 0 Å². The van der Waals surface area contributed by atoms with Crippen molar-refractivity contribution in [2.45, 2.75) is 45.3 Å². The van der Waals surface area contributed by atoms with Gasteiger partial charge in [0.25, 0.3) is 0 Å². The van der Waals surface area contributed by atoms with Crippen LogP contribution in [0.4, 0.5) is 17.1 Å². The second kappa shape index (κ2) is 10.8. The van der Waals surface area contributed by atoms with Gasteiger partial charge >= 0.3 is 0 Å². The standard InChI is InChI=1S/C31H34ClN5O2S/c1-18-13-20(10-11-24(18)34-27(38)17-39-6)37-29(28(35-30(37)40)25-9-7-8-12-33-25)22-14-21-19(2)16-31(3,4)36(5)26(21)15-23(22)32/h7-16,28-29H,17H2,1-6H3,(H,34,38)(H,35,40). The molecule has 0 spiro atoms. The monoisotopic (exact) mass is 575 g/mol. The van der Waals surface area contributed by atoms with E-state index in [1.54, 1.807) is 6.20 Å². The van der Waals surface area contributed by atoms with Crippen molar-refractivity contribution in [3.05, 3.63) is 88.2 Å². The molecule has 2 atom stereocenters. The molecule has 2 aliphatic heterocycles. The van der Waals surface area contributed by atoms with Gasteiger partial charge in [0.2, 0.25) is 5.91 Å². The van der Waals surface area contributed by atoms with Gasteiger partial charge in [0.05, 0.1) is 23.3 Å². The number of carbonyl (C=O) groups is 1. The number of benzene rings is 2. The van der Waals surface area contributed by atoms with E-state index in [0.29, 0.717) is 10.1 Å². The maximum absolute atomic E-state index is 12.1. The average Bonchev–Trinajstić information content (AvgIpc) is 3.25. The van der Waals surface area contributed by atoms with E-state index in [2.05, 4.69) is 71.4 Å². The first-order valence-electron chi connectivity index (χ1n) is 13.2. The molecule has 2 N–H and O–H groups in total. The van der Waals surface area contributed by atoms with Crippen molar-refractivity contribution in [2.24, 2.45) is 0 Å². The third-order valence-electron chi connectivity index (χ3n) is 7.79. The molecule has 208 valence electrons. The summed E-state index contributed by atoms with van der Waals surface area (Å²) in [6.07, 6.45) is 4.08. The van der Waals surface area contributed by atoms with Crippen molar-refractivity contribution >= 4 is 57.5 Å². The van der Waals surface area contributed by atoms with Gasteiger partial charge in [-0.2, -0.15) is 0 Å². The summed E-state index contributed by atoms with van der Waals surface area (Å²) in [5, 5.41) is 7.66. The highest BCUT2D eigenvalue weighted by atomic mass is 35.5. The summed E-state index contributed by atoms with van der Waals surface area (Å²) in [6.45, 7) is 8.50. The van der Waals surface area contributed by atoms with Crippen LogP contribution in [0.15, 0.2) is 60.8 Å². The predicted molar refractivity (Wildman–Crippen MR) is 167 cm³/mol. The smallest absolute Gasteiger partial charge is 0.250 e. The van der Waals surface area contributed by atoms with Crippen LogP contribution in [0.5, 0.6) is 0 Å². The minimum Gasteiger partial charge on any atom is -0.375 e. The van der Waals surface area contributed by atoms with Crippen molar-refractivity contribution in [2.75, 3.05) is 35.9 Å². The van der Waals surface area contributed by atoms with Gasteiger partial charge in [0.15, 0.2) is 5.11 Å². The number of rotatable bonds is 6. The summed E-state index contributed by atoms with van der Waals surface area (Å²) >= 11 is 13.1. The molecule has 1 aromatic heterocycles. The van der Waals surface area contributed by atoms with Crippen molar-refractivity contribution in [1.82, 2.24) is 10.3 Å². The van der Waals surface area contributed by atoms with Crippen LogP contribution >= 0.6 is 23.8 Å². The normalized spacial score (nSPS) is 19.7. The number of hydrogen-bond donors (Lipinski definition) is 2. The number of aryl methyl sites for hydroxylation is 1. The molecule has 2 aromatic carbocycles. The van der Waals surface area contributed by atoms with Crippen molar-refractivity contribution in [3.8, 4) is 0 Å². The molecule has 3 aromatic rings. The molecular formula is C31H34ClN5O2S. The topological polar surface area (TPSA) is 69.7 Å². The number of likely N-dealkylation sites (N-methyl/N-ethyl adjacent to an activating group) is 1. The van der Waals surface area contributed by atoms with Gasteiger partial charge in [-0.05, 0) is 99.1 Å². The first-order valence-corrected chi connectivity index (χ1v) is 14.0. The molecule has 0 bridgehead atoms. The number of anilines is 3. The lowest BCUT2D eigenvalue weighted by atomic mass is 9.86. The third-order valence-corrected chi connectivity index (χ3v) is 8.43. The molecule has 5 rings (SSSR count). The maximum atomic E-state index is 12.1. The van der Waals surface area contributed by atoms with Gasteiger partial charge < -0.3 is 25.2 Å². The number of methoxy groups -OCH3 is 1. The number of allylic oxidation sites excluding steroid dienone is 1.